The van der Waals surface area contributed by atoms with Gasteiger partial charge in [0.05, 0.1) is 6.10 Å². The van der Waals surface area contributed by atoms with Crippen LogP contribution >= 0.6 is 0 Å². The van der Waals surface area contributed by atoms with Gasteiger partial charge in [-0.3, -0.25) is 0 Å². The fourth-order valence-corrected chi connectivity index (χ4v) is 2.98. The van der Waals surface area contributed by atoms with Crippen LogP contribution in [0.25, 0.3) is 0 Å². The first-order valence-corrected chi connectivity index (χ1v) is 10.2. The molecule has 0 heterocycles. The Bertz CT molecular complexity index is 830. The number of rotatable bonds is 10. The molecule has 0 aliphatic carbocycles. The molecule has 0 bridgehead atoms. The van der Waals surface area contributed by atoms with Gasteiger partial charge in [0, 0.05) is 13.0 Å². The highest BCUT2D eigenvalue weighted by Crippen LogP contribution is 2.15. The van der Waals surface area contributed by atoms with E-state index < -0.39 is 18.2 Å². The van der Waals surface area contributed by atoms with E-state index in [9.17, 15) is 14.7 Å². The molecule has 2 rings (SSSR count). The highest BCUT2D eigenvalue weighted by atomic mass is 16.5. The Balaban J connectivity index is 1.84. The second-order valence-corrected chi connectivity index (χ2v) is 7.86. The van der Waals surface area contributed by atoms with Crippen LogP contribution < -0.4 is 5.32 Å². The van der Waals surface area contributed by atoms with Gasteiger partial charge in [-0.2, -0.15) is 0 Å². The maximum absolute atomic E-state index is 12.0. The van der Waals surface area contributed by atoms with Crippen LogP contribution in [0, 0.1) is 0 Å². The summed E-state index contributed by atoms with van der Waals surface area (Å²) in [5, 5.41) is 12.1. The molecule has 2 aromatic carbocycles. The number of benzene rings is 2. The Hall–Kier alpha value is -2.86. The molecule has 162 valence electrons. The molecular formula is C24H31NO5. The minimum Gasteiger partial charge on any atom is -0.479 e. The lowest BCUT2D eigenvalue weighted by Gasteiger charge is -2.17. The third kappa shape index (κ3) is 7.87. The molecule has 30 heavy (non-hydrogen) atoms. The highest BCUT2D eigenvalue weighted by Gasteiger charge is 2.20. The lowest BCUT2D eigenvalue weighted by molar-refractivity contribution is -0.153. The van der Waals surface area contributed by atoms with Gasteiger partial charge in [0.15, 0.2) is 6.10 Å². The Kier molecular flexibility index (Phi) is 8.87. The molecule has 2 N–H and O–H groups in total. The Labute approximate surface area is 178 Å². The zero-order chi connectivity index (χ0) is 22.1. The van der Waals surface area contributed by atoms with Gasteiger partial charge in [-0.25, -0.2) is 9.59 Å². The Morgan fingerprint density at radius 3 is 2.23 bits per heavy atom. The van der Waals surface area contributed by atoms with Crippen molar-refractivity contribution in [2.24, 2.45) is 0 Å². The summed E-state index contributed by atoms with van der Waals surface area (Å²) in [5.74, 6) is -0.529. The minimum atomic E-state index is -0.989. The number of aliphatic carboxylic acids is 1. The number of hydrogen-bond donors (Lipinski definition) is 2. The van der Waals surface area contributed by atoms with Crippen LogP contribution in [0.3, 0.4) is 0 Å². The maximum Gasteiger partial charge on any atom is 0.407 e. The third-order valence-corrected chi connectivity index (χ3v) is 4.58. The van der Waals surface area contributed by atoms with E-state index in [0.29, 0.717) is 12.5 Å². The number of carbonyl (C=O) groups is 2. The first-order chi connectivity index (χ1) is 14.2. The maximum atomic E-state index is 12.0. The average molecular weight is 414 g/mol. The summed E-state index contributed by atoms with van der Waals surface area (Å²) in [6, 6.07) is 15.4. The number of carboxylic acid groups (broad SMARTS) is 1. The molecular weight excluding hydrogens is 382 g/mol. The summed E-state index contributed by atoms with van der Waals surface area (Å²) in [6.45, 7) is 8.38. The Morgan fingerprint density at radius 2 is 1.63 bits per heavy atom. The van der Waals surface area contributed by atoms with Gasteiger partial charge in [-0.15, -0.1) is 0 Å². The van der Waals surface area contributed by atoms with E-state index in [0.717, 1.165) is 16.7 Å². The van der Waals surface area contributed by atoms with Crippen molar-refractivity contribution in [2.75, 3.05) is 0 Å². The van der Waals surface area contributed by atoms with Crippen molar-refractivity contribution in [1.29, 1.82) is 0 Å². The van der Waals surface area contributed by atoms with Crippen molar-refractivity contribution in [3.8, 4) is 0 Å². The normalized spacial score (nSPS) is 12.1. The SMILES string of the molecule is CC(C)O[C@@H](Cc1cccc(CNC(=O)OCc2ccc(C(C)C)cc2)c1)C(=O)O. The van der Waals surface area contributed by atoms with E-state index in [4.69, 9.17) is 9.47 Å². The zero-order valence-corrected chi connectivity index (χ0v) is 18.1. The van der Waals surface area contributed by atoms with E-state index in [2.05, 4.69) is 19.2 Å². The molecule has 6 heteroatoms. The second kappa shape index (κ2) is 11.4. The molecule has 6 nitrogen and oxygen atoms in total. The van der Waals surface area contributed by atoms with E-state index in [1.54, 1.807) is 13.8 Å². The highest BCUT2D eigenvalue weighted by molar-refractivity contribution is 5.72. The molecule has 0 aromatic heterocycles. The largest absolute Gasteiger partial charge is 0.479 e. The van der Waals surface area contributed by atoms with Crippen LogP contribution in [-0.2, 0) is 33.8 Å². The first-order valence-electron chi connectivity index (χ1n) is 10.2. The third-order valence-electron chi connectivity index (χ3n) is 4.58. The average Bonchev–Trinajstić information content (AvgIpc) is 2.70. The monoisotopic (exact) mass is 413 g/mol. The van der Waals surface area contributed by atoms with Gasteiger partial charge in [-0.05, 0) is 42.0 Å². The van der Waals surface area contributed by atoms with Gasteiger partial charge < -0.3 is 19.9 Å². The van der Waals surface area contributed by atoms with Gasteiger partial charge in [-0.1, -0.05) is 62.4 Å². The topological polar surface area (TPSA) is 84.9 Å². The van der Waals surface area contributed by atoms with Crippen LogP contribution in [0.1, 0.15) is 55.9 Å². The number of ether oxygens (including phenoxy) is 2. The molecule has 1 atom stereocenters. The number of nitrogens with one attached hydrogen (secondary N) is 1. The summed E-state index contributed by atoms with van der Waals surface area (Å²) in [7, 11) is 0. The van der Waals surface area contributed by atoms with Crippen LogP contribution in [0.15, 0.2) is 48.5 Å². The first kappa shape index (κ1) is 23.4. The predicted molar refractivity (Wildman–Crippen MR) is 115 cm³/mol. The molecule has 0 unspecified atom stereocenters. The van der Waals surface area contributed by atoms with Crippen molar-refractivity contribution >= 4 is 12.1 Å². The Morgan fingerprint density at radius 1 is 0.967 bits per heavy atom. The van der Waals surface area contributed by atoms with Gasteiger partial charge >= 0.3 is 12.1 Å². The van der Waals surface area contributed by atoms with E-state index in [-0.39, 0.29) is 19.1 Å². The standard InChI is InChI=1S/C24H31NO5/c1-16(2)21-10-8-18(9-11-21)15-29-24(28)25-14-20-7-5-6-19(12-20)13-22(23(26)27)30-17(3)4/h5-12,16-17,22H,13-15H2,1-4H3,(H,25,28)(H,26,27)/t22-/m0/s1. The molecule has 2 aromatic rings. The fraction of sp³-hybridized carbons (Fsp3) is 0.417. The molecule has 0 aliphatic rings. The lowest BCUT2D eigenvalue weighted by Crippen LogP contribution is -2.29. The van der Waals surface area contributed by atoms with E-state index in [1.165, 1.54) is 5.56 Å². The van der Waals surface area contributed by atoms with Crippen LogP contribution in [0.2, 0.25) is 0 Å². The van der Waals surface area contributed by atoms with E-state index in [1.807, 2.05) is 48.5 Å². The smallest absolute Gasteiger partial charge is 0.407 e. The van der Waals surface area contributed by atoms with Crippen molar-refractivity contribution < 1.29 is 24.2 Å². The van der Waals surface area contributed by atoms with Gasteiger partial charge in [0.25, 0.3) is 0 Å². The van der Waals surface area contributed by atoms with Gasteiger partial charge in [0.1, 0.15) is 6.61 Å². The molecule has 0 aliphatic heterocycles. The molecule has 1 amide bonds. The lowest BCUT2D eigenvalue weighted by atomic mass is 10.0. The van der Waals surface area contributed by atoms with Gasteiger partial charge in [0.2, 0.25) is 0 Å². The molecule has 0 saturated heterocycles. The minimum absolute atomic E-state index is 0.174. The molecule has 0 fully saturated rings. The fourth-order valence-electron chi connectivity index (χ4n) is 2.98. The summed E-state index contributed by atoms with van der Waals surface area (Å²) < 4.78 is 10.7. The van der Waals surface area contributed by atoms with Crippen LogP contribution in [-0.4, -0.2) is 29.4 Å². The summed E-state index contributed by atoms with van der Waals surface area (Å²) >= 11 is 0. The number of carbonyl (C=O) groups excluding carboxylic acids is 1. The van der Waals surface area contributed by atoms with Crippen LogP contribution in [0.5, 0.6) is 0 Å². The molecule has 0 spiro atoms. The predicted octanol–water partition coefficient (Wildman–Crippen LogP) is 4.66. The summed E-state index contributed by atoms with van der Waals surface area (Å²) in [4.78, 5) is 23.4. The molecule has 0 radical (unpaired) electrons. The second-order valence-electron chi connectivity index (χ2n) is 7.86. The van der Waals surface area contributed by atoms with E-state index >= 15 is 0 Å². The summed E-state index contributed by atoms with van der Waals surface area (Å²) in [5.41, 5.74) is 3.87. The van der Waals surface area contributed by atoms with Crippen molar-refractivity contribution in [2.45, 2.75) is 65.4 Å². The number of hydrogen-bond acceptors (Lipinski definition) is 4. The molecule has 0 saturated carbocycles. The summed E-state index contributed by atoms with van der Waals surface area (Å²) in [6.07, 6.45) is -1.31. The number of alkyl carbamates (subject to hydrolysis) is 1. The number of carboxylic acids is 1. The zero-order valence-electron chi connectivity index (χ0n) is 18.1. The van der Waals surface area contributed by atoms with Crippen molar-refractivity contribution in [1.82, 2.24) is 5.32 Å². The van der Waals surface area contributed by atoms with Crippen LogP contribution in [0.4, 0.5) is 4.79 Å². The van der Waals surface area contributed by atoms with Crippen molar-refractivity contribution in [3.05, 3.63) is 70.8 Å². The number of amides is 1. The quantitative estimate of drug-likeness (QED) is 0.592. The van der Waals surface area contributed by atoms with Crippen molar-refractivity contribution in [3.63, 3.8) is 0 Å².